The number of hydrogen-bond donors (Lipinski definition) is 2. The lowest BCUT2D eigenvalue weighted by molar-refractivity contribution is -0.123. The fraction of sp³-hybridized carbons (Fsp3) is 0.533. The molecule has 104 valence electrons. The first kappa shape index (κ1) is 14.0. The van der Waals surface area contributed by atoms with Crippen LogP contribution < -0.4 is 10.6 Å². The smallest absolute Gasteiger partial charge is 0.237 e. The minimum Gasteiger partial charge on any atom is -0.383 e. The van der Waals surface area contributed by atoms with Crippen LogP contribution in [0.4, 0.5) is 0 Å². The number of methoxy groups -OCH3 is 1. The molecule has 1 aromatic rings. The SMILES string of the molecule is COCC(NC(C)C(=O)NC1CC1)c1ccccc1. The van der Waals surface area contributed by atoms with E-state index in [4.69, 9.17) is 4.74 Å². The van der Waals surface area contributed by atoms with E-state index in [0.29, 0.717) is 12.6 Å². The quantitative estimate of drug-likeness (QED) is 0.785. The summed E-state index contributed by atoms with van der Waals surface area (Å²) in [7, 11) is 1.67. The highest BCUT2D eigenvalue weighted by atomic mass is 16.5. The van der Waals surface area contributed by atoms with E-state index in [1.54, 1.807) is 7.11 Å². The van der Waals surface area contributed by atoms with E-state index in [9.17, 15) is 4.79 Å². The van der Waals surface area contributed by atoms with Gasteiger partial charge in [0.25, 0.3) is 0 Å². The average Bonchev–Trinajstić information content (AvgIpc) is 3.23. The first-order valence-corrected chi connectivity index (χ1v) is 6.81. The molecule has 2 unspecified atom stereocenters. The summed E-state index contributed by atoms with van der Waals surface area (Å²) in [4.78, 5) is 12.0. The Balaban J connectivity index is 1.93. The Kier molecular flexibility index (Phi) is 4.93. The van der Waals surface area contributed by atoms with Gasteiger partial charge in [-0.05, 0) is 25.3 Å². The zero-order valence-corrected chi connectivity index (χ0v) is 11.6. The summed E-state index contributed by atoms with van der Waals surface area (Å²) in [6.45, 7) is 2.44. The predicted molar refractivity (Wildman–Crippen MR) is 74.8 cm³/mol. The Morgan fingerprint density at radius 3 is 2.63 bits per heavy atom. The molecule has 2 N–H and O–H groups in total. The van der Waals surface area contributed by atoms with E-state index in [1.165, 1.54) is 0 Å². The van der Waals surface area contributed by atoms with Crippen LogP contribution in [0.25, 0.3) is 0 Å². The molecule has 1 aliphatic rings. The summed E-state index contributed by atoms with van der Waals surface area (Å²) >= 11 is 0. The number of carbonyl (C=O) groups is 1. The van der Waals surface area contributed by atoms with E-state index in [0.717, 1.165) is 18.4 Å². The first-order chi connectivity index (χ1) is 9.20. The Hall–Kier alpha value is -1.39. The van der Waals surface area contributed by atoms with Gasteiger partial charge in [0.15, 0.2) is 0 Å². The number of benzene rings is 1. The molecule has 0 radical (unpaired) electrons. The van der Waals surface area contributed by atoms with Crippen molar-refractivity contribution in [2.24, 2.45) is 0 Å². The van der Waals surface area contributed by atoms with Gasteiger partial charge in [0.2, 0.25) is 5.91 Å². The van der Waals surface area contributed by atoms with Crippen LogP contribution in [-0.4, -0.2) is 31.7 Å². The van der Waals surface area contributed by atoms with Crippen LogP contribution in [0.2, 0.25) is 0 Å². The second-order valence-electron chi connectivity index (χ2n) is 5.09. The van der Waals surface area contributed by atoms with Crippen molar-refractivity contribution in [3.05, 3.63) is 35.9 Å². The van der Waals surface area contributed by atoms with Gasteiger partial charge in [-0.25, -0.2) is 0 Å². The third-order valence-corrected chi connectivity index (χ3v) is 3.30. The molecule has 0 aromatic heterocycles. The molecule has 2 atom stereocenters. The maximum absolute atomic E-state index is 12.0. The standard InChI is InChI=1S/C15H22N2O2/c1-11(15(18)17-13-8-9-13)16-14(10-19-2)12-6-4-3-5-7-12/h3-7,11,13-14,16H,8-10H2,1-2H3,(H,17,18). The number of carbonyl (C=O) groups excluding carboxylic acids is 1. The Bertz CT molecular complexity index is 404. The fourth-order valence-corrected chi connectivity index (χ4v) is 2.02. The van der Waals surface area contributed by atoms with Crippen LogP contribution in [0.15, 0.2) is 30.3 Å². The minimum absolute atomic E-state index is 0.0335. The van der Waals surface area contributed by atoms with Crippen LogP contribution in [0.1, 0.15) is 31.4 Å². The number of hydrogen-bond acceptors (Lipinski definition) is 3. The Morgan fingerprint density at radius 1 is 1.37 bits per heavy atom. The normalized spacial score (nSPS) is 17.8. The van der Waals surface area contributed by atoms with Crippen LogP contribution in [0.5, 0.6) is 0 Å². The van der Waals surface area contributed by atoms with Crippen molar-refractivity contribution in [2.45, 2.75) is 37.9 Å². The monoisotopic (exact) mass is 262 g/mol. The summed E-state index contributed by atoms with van der Waals surface area (Å²) in [5, 5.41) is 6.34. The third-order valence-electron chi connectivity index (χ3n) is 3.30. The van der Waals surface area contributed by atoms with Crippen LogP contribution >= 0.6 is 0 Å². The fourth-order valence-electron chi connectivity index (χ4n) is 2.02. The summed E-state index contributed by atoms with van der Waals surface area (Å²) in [6.07, 6.45) is 2.22. The van der Waals surface area contributed by atoms with Crippen molar-refractivity contribution in [3.63, 3.8) is 0 Å². The largest absolute Gasteiger partial charge is 0.383 e. The van der Waals surface area contributed by atoms with Gasteiger partial charge < -0.3 is 10.1 Å². The van der Waals surface area contributed by atoms with Crippen molar-refractivity contribution < 1.29 is 9.53 Å². The van der Waals surface area contributed by atoms with Gasteiger partial charge in [0.1, 0.15) is 0 Å². The molecule has 1 amide bonds. The van der Waals surface area contributed by atoms with Crippen LogP contribution in [0.3, 0.4) is 0 Å². The molecule has 0 heterocycles. The molecule has 1 saturated carbocycles. The highest BCUT2D eigenvalue weighted by molar-refractivity contribution is 5.81. The molecule has 2 rings (SSSR count). The van der Waals surface area contributed by atoms with Crippen molar-refractivity contribution >= 4 is 5.91 Å². The van der Waals surface area contributed by atoms with E-state index in [1.807, 2.05) is 37.3 Å². The molecule has 0 spiro atoms. The topological polar surface area (TPSA) is 50.4 Å². The summed E-state index contributed by atoms with van der Waals surface area (Å²) in [5.41, 5.74) is 1.13. The second kappa shape index (κ2) is 6.68. The number of rotatable bonds is 7. The Morgan fingerprint density at radius 2 is 2.05 bits per heavy atom. The third kappa shape index (κ3) is 4.33. The second-order valence-corrected chi connectivity index (χ2v) is 5.09. The van der Waals surface area contributed by atoms with Gasteiger partial charge in [0.05, 0.1) is 18.7 Å². The molecule has 1 fully saturated rings. The molecule has 4 heteroatoms. The molecule has 4 nitrogen and oxygen atoms in total. The van der Waals surface area contributed by atoms with Gasteiger partial charge in [-0.15, -0.1) is 0 Å². The molecule has 1 aromatic carbocycles. The van der Waals surface area contributed by atoms with Gasteiger partial charge in [-0.1, -0.05) is 30.3 Å². The van der Waals surface area contributed by atoms with Gasteiger partial charge >= 0.3 is 0 Å². The number of nitrogens with one attached hydrogen (secondary N) is 2. The zero-order chi connectivity index (χ0) is 13.7. The van der Waals surface area contributed by atoms with Gasteiger partial charge in [-0.3, -0.25) is 10.1 Å². The highest BCUT2D eigenvalue weighted by Gasteiger charge is 2.26. The van der Waals surface area contributed by atoms with E-state index < -0.39 is 0 Å². The maximum Gasteiger partial charge on any atom is 0.237 e. The maximum atomic E-state index is 12.0. The molecule has 1 aliphatic carbocycles. The van der Waals surface area contributed by atoms with Gasteiger partial charge in [-0.2, -0.15) is 0 Å². The lowest BCUT2D eigenvalue weighted by Crippen LogP contribution is -2.45. The molecule has 0 aliphatic heterocycles. The zero-order valence-electron chi connectivity index (χ0n) is 11.6. The minimum atomic E-state index is -0.221. The van der Waals surface area contributed by atoms with Crippen molar-refractivity contribution in [1.29, 1.82) is 0 Å². The number of amides is 1. The van der Waals surface area contributed by atoms with Crippen molar-refractivity contribution in [2.75, 3.05) is 13.7 Å². The van der Waals surface area contributed by atoms with Crippen LogP contribution in [-0.2, 0) is 9.53 Å². The Labute approximate surface area is 114 Å². The summed E-state index contributed by atoms with van der Waals surface area (Å²) < 4.78 is 5.24. The molecule has 0 saturated heterocycles. The van der Waals surface area contributed by atoms with Crippen molar-refractivity contribution in [1.82, 2.24) is 10.6 Å². The van der Waals surface area contributed by atoms with Crippen molar-refractivity contribution in [3.8, 4) is 0 Å². The van der Waals surface area contributed by atoms with Crippen LogP contribution in [0, 0.1) is 0 Å². The average molecular weight is 262 g/mol. The summed E-state index contributed by atoms with van der Waals surface area (Å²) in [6, 6.07) is 10.3. The van der Waals surface area contributed by atoms with E-state index >= 15 is 0 Å². The lowest BCUT2D eigenvalue weighted by atomic mass is 10.1. The highest BCUT2D eigenvalue weighted by Crippen LogP contribution is 2.19. The molecule has 19 heavy (non-hydrogen) atoms. The lowest BCUT2D eigenvalue weighted by Gasteiger charge is -2.22. The first-order valence-electron chi connectivity index (χ1n) is 6.81. The molecular formula is C15H22N2O2. The molecular weight excluding hydrogens is 240 g/mol. The van der Waals surface area contributed by atoms with Gasteiger partial charge in [0, 0.05) is 13.2 Å². The predicted octanol–water partition coefficient (Wildman–Crippen LogP) is 1.63. The summed E-state index contributed by atoms with van der Waals surface area (Å²) in [5.74, 6) is 0.0690. The molecule has 0 bridgehead atoms. The van der Waals surface area contributed by atoms with E-state index in [2.05, 4.69) is 10.6 Å². The number of ether oxygens (including phenoxy) is 1. The van der Waals surface area contributed by atoms with E-state index in [-0.39, 0.29) is 18.0 Å².